The van der Waals surface area contributed by atoms with Gasteiger partial charge in [0.15, 0.2) is 0 Å². The van der Waals surface area contributed by atoms with Crippen molar-refractivity contribution in [2.24, 2.45) is 0 Å². The molecule has 1 aliphatic carbocycles. The highest BCUT2D eigenvalue weighted by Gasteiger charge is 2.25. The van der Waals surface area contributed by atoms with Crippen molar-refractivity contribution in [3.63, 3.8) is 0 Å². The van der Waals surface area contributed by atoms with Gasteiger partial charge in [-0.3, -0.25) is 0 Å². The lowest BCUT2D eigenvalue weighted by atomic mass is 10.1. The van der Waals surface area contributed by atoms with Crippen molar-refractivity contribution in [2.45, 2.75) is 25.8 Å². The van der Waals surface area contributed by atoms with E-state index in [0.29, 0.717) is 44.8 Å². The van der Waals surface area contributed by atoms with Gasteiger partial charge in [0.25, 0.3) is 0 Å². The summed E-state index contributed by atoms with van der Waals surface area (Å²) in [6.07, 6.45) is 2.14. The number of piperazine rings is 1. The molecule has 0 bridgehead atoms. The summed E-state index contributed by atoms with van der Waals surface area (Å²) in [5, 5.41) is 3.49. The van der Waals surface area contributed by atoms with Crippen LogP contribution in [0.3, 0.4) is 0 Å². The number of nitrogens with one attached hydrogen (secondary N) is 1. The molecule has 0 spiro atoms. The molecule has 7 nitrogen and oxygen atoms in total. The van der Waals surface area contributed by atoms with Gasteiger partial charge in [0.05, 0.1) is 12.3 Å². The van der Waals surface area contributed by atoms with Crippen LogP contribution in [0.1, 0.15) is 19.8 Å². The van der Waals surface area contributed by atoms with E-state index in [1.807, 2.05) is 31.2 Å². The summed E-state index contributed by atoms with van der Waals surface area (Å²) in [5.41, 5.74) is 1.99. The van der Waals surface area contributed by atoms with E-state index in [9.17, 15) is 4.79 Å². The largest absolute Gasteiger partial charge is 0.450 e. The molecule has 2 fully saturated rings. The molecular formula is C20H25N5O2. The van der Waals surface area contributed by atoms with Crippen LogP contribution in [0.2, 0.25) is 0 Å². The van der Waals surface area contributed by atoms with E-state index in [-0.39, 0.29) is 6.09 Å². The first-order valence-corrected chi connectivity index (χ1v) is 9.60. The minimum absolute atomic E-state index is 0.243. The lowest BCUT2D eigenvalue weighted by Crippen LogP contribution is -2.49. The number of aromatic nitrogens is 2. The van der Waals surface area contributed by atoms with Crippen LogP contribution in [0.15, 0.2) is 36.4 Å². The van der Waals surface area contributed by atoms with Gasteiger partial charge in [-0.15, -0.1) is 0 Å². The second-order valence-electron chi connectivity index (χ2n) is 6.90. The van der Waals surface area contributed by atoms with Gasteiger partial charge in [0.2, 0.25) is 5.95 Å². The van der Waals surface area contributed by atoms with Crippen molar-refractivity contribution in [3.05, 3.63) is 36.4 Å². The van der Waals surface area contributed by atoms with Crippen molar-refractivity contribution in [3.8, 4) is 11.3 Å². The Balaban J connectivity index is 1.54. The van der Waals surface area contributed by atoms with Crippen LogP contribution >= 0.6 is 0 Å². The molecule has 1 aliphatic heterocycles. The smallest absolute Gasteiger partial charge is 0.409 e. The van der Waals surface area contributed by atoms with E-state index >= 15 is 0 Å². The second kappa shape index (κ2) is 7.82. The molecule has 7 heteroatoms. The zero-order valence-corrected chi connectivity index (χ0v) is 15.6. The molecule has 2 aliphatic rings. The maximum atomic E-state index is 11.9. The quantitative estimate of drug-likeness (QED) is 0.876. The van der Waals surface area contributed by atoms with Gasteiger partial charge in [-0.2, -0.15) is 4.98 Å². The fourth-order valence-electron chi connectivity index (χ4n) is 3.15. The van der Waals surface area contributed by atoms with Crippen LogP contribution in [0.5, 0.6) is 0 Å². The Morgan fingerprint density at radius 2 is 1.89 bits per heavy atom. The average molecular weight is 367 g/mol. The van der Waals surface area contributed by atoms with Crippen LogP contribution in [0, 0.1) is 0 Å². The van der Waals surface area contributed by atoms with Crippen molar-refractivity contribution in [1.82, 2.24) is 14.9 Å². The molecule has 1 amide bonds. The number of anilines is 2. The highest BCUT2D eigenvalue weighted by atomic mass is 16.6. The van der Waals surface area contributed by atoms with Crippen LogP contribution < -0.4 is 10.2 Å². The summed E-state index contributed by atoms with van der Waals surface area (Å²) in [4.78, 5) is 25.3. The molecule has 1 N–H and O–H groups in total. The molecule has 0 atom stereocenters. The lowest BCUT2D eigenvalue weighted by molar-refractivity contribution is 0.105. The number of hydrogen-bond acceptors (Lipinski definition) is 6. The SMILES string of the molecule is CCOC(=O)N1CCN(c2nc(NC3CC3)cc(-c3ccccc3)n2)CC1. The summed E-state index contributed by atoms with van der Waals surface area (Å²) in [7, 11) is 0. The first kappa shape index (κ1) is 17.6. The van der Waals surface area contributed by atoms with Gasteiger partial charge in [-0.05, 0) is 19.8 Å². The topological polar surface area (TPSA) is 70.6 Å². The molecule has 142 valence electrons. The number of nitrogens with zero attached hydrogens (tertiary/aromatic N) is 4. The third-order valence-corrected chi connectivity index (χ3v) is 4.80. The molecule has 0 radical (unpaired) electrons. The Labute approximate surface area is 159 Å². The molecule has 4 rings (SSSR count). The van der Waals surface area contributed by atoms with Gasteiger partial charge < -0.3 is 19.9 Å². The lowest BCUT2D eigenvalue weighted by Gasteiger charge is -2.34. The summed E-state index contributed by atoms with van der Waals surface area (Å²) in [5.74, 6) is 1.58. The molecule has 1 aromatic carbocycles. The predicted octanol–water partition coefficient (Wildman–Crippen LogP) is 3.00. The minimum atomic E-state index is -0.243. The highest BCUT2D eigenvalue weighted by Crippen LogP contribution is 2.28. The van der Waals surface area contributed by atoms with E-state index < -0.39 is 0 Å². The third-order valence-electron chi connectivity index (χ3n) is 4.80. The fraction of sp³-hybridized carbons (Fsp3) is 0.450. The number of rotatable bonds is 5. The number of hydrogen-bond donors (Lipinski definition) is 1. The van der Waals surface area contributed by atoms with E-state index in [1.165, 1.54) is 12.8 Å². The van der Waals surface area contributed by atoms with E-state index in [1.54, 1.807) is 4.90 Å². The van der Waals surface area contributed by atoms with Gasteiger partial charge >= 0.3 is 6.09 Å². The summed E-state index contributed by atoms with van der Waals surface area (Å²) >= 11 is 0. The zero-order valence-electron chi connectivity index (χ0n) is 15.6. The molecule has 2 heterocycles. The predicted molar refractivity (Wildman–Crippen MR) is 105 cm³/mol. The number of benzene rings is 1. The number of ether oxygens (including phenoxy) is 1. The van der Waals surface area contributed by atoms with Crippen LogP contribution in [0.25, 0.3) is 11.3 Å². The summed E-state index contributed by atoms with van der Waals surface area (Å²) in [6.45, 7) is 4.84. The number of carbonyl (C=O) groups is 1. The molecule has 0 unspecified atom stereocenters. The second-order valence-corrected chi connectivity index (χ2v) is 6.90. The van der Waals surface area contributed by atoms with Crippen molar-refractivity contribution >= 4 is 17.9 Å². The molecular weight excluding hydrogens is 342 g/mol. The van der Waals surface area contributed by atoms with Crippen molar-refractivity contribution in [2.75, 3.05) is 43.0 Å². The van der Waals surface area contributed by atoms with Crippen molar-refractivity contribution in [1.29, 1.82) is 0 Å². The van der Waals surface area contributed by atoms with Crippen LogP contribution in [0.4, 0.5) is 16.6 Å². The minimum Gasteiger partial charge on any atom is -0.450 e. The van der Waals surface area contributed by atoms with E-state index in [4.69, 9.17) is 14.7 Å². The molecule has 2 aromatic rings. The monoisotopic (exact) mass is 367 g/mol. The summed E-state index contributed by atoms with van der Waals surface area (Å²) in [6, 6.07) is 12.7. The first-order valence-electron chi connectivity index (χ1n) is 9.60. The van der Waals surface area contributed by atoms with E-state index in [0.717, 1.165) is 17.1 Å². The third kappa shape index (κ3) is 4.30. The molecule has 1 aromatic heterocycles. The molecule has 1 saturated heterocycles. The van der Waals surface area contributed by atoms with Crippen molar-refractivity contribution < 1.29 is 9.53 Å². The Bertz CT molecular complexity index is 786. The normalized spacial score (nSPS) is 16.9. The fourth-order valence-corrected chi connectivity index (χ4v) is 3.15. The van der Waals surface area contributed by atoms with Crippen LogP contribution in [-0.4, -0.2) is 59.8 Å². The Morgan fingerprint density at radius 1 is 1.15 bits per heavy atom. The summed E-state index contributed by atoms with van der Waals surface area (Å²) < 4.78 is 5.10. The van der Waals surface area contributed by atoms with Gasteiger partial charge in [0.1, 0.15) is 5.82 Å². The van der Waals surface area contributed by atoms with Gasteiger partial charge in [-0.1, -0.05) is 30.3 Å². The Morgan fingerprint density at radius 3 is 2.56 bits per heavy atom. The standard InChI is InChI=1S/C20H25N5O2/c1-2-27-20(26)25-12-10-24(11-13-25)19-22-17(15-6-4-3-5-7-15)14-18(23-19)21-16-8-9-16/h3-7,14,16H,2,8-13H2,1H3,(H,21,22,23). The highest BCUT2D eigenvalue weighted by molar-refractivity contribution is 5.68. The molecule has 1 saturated carbocycles. The first-order chi connectivity index (χ1) is 13.2. The average Bonchev–Trinajstić information content (AvgIpc) is 3.53. The van der Waals surface area contributed by atoms with Crippen LogP contribution in [-0.2, 0) is 4.74 Å². The zero-order chi connectivity index (χ0) is 18.6. The number of amides is 1. The maximum absolute atomic E-state index is 11.9. The van der Waals surface area contributed by atoms with Gasteiger partial charge in [-0.25, -0.2) is 9.78 Å². The maximum Gasteiger partial charge on any atom is 0.409 e. The Hall–Kier alpha value is -2.83. The Kier molecular flexibility index (Phi) is 5.09. The number of carbonyl (C=O) groups excluding carboxylic acids is 1. The van der Waals surface area contributed by atoms with Gasteiger partial charge in [0, 0.05) is 43.9 Å². The molecule has 27 heavy (non-hydrogen) atoms. The van der Waals surface area contributed by atoms with E-state index in [2.05, 4.69) is 22.3 Å².